The molecule has 0 bridgehead atoms. The van der Waals surface area contributed by atoms with Gasteiger partial charge in [0.15, 0.2) is 22.9 Å². The third-order valence-corrected chi connectivity index (χ3v) is 4.74. The SMILES string of the molecule is CCOC(CNC(=O)Cc1csc(NC(=O)c2ccc(OC)c(OC)c2)n1)OCC. The average molecular weight is 438 g/mol. The van der Waals surface area contributed by atoms with E-state index in [1.165, 1.54) is 25.6 Å². The molecule has 10 heteroatoms. The Kier molecular flexibility index (Phi) is 9.52. The lowest BCUT2D eigenvalue weighted by molar-refractivity contribution is -0.140. The van der Waals surface area contributed by atoms with Crippen LogP contribution in [-0.4, -0.2) is 57.1 Å². The number of hydrogen-bond donors (Lipinski definition) is 2. The number of rotatable bonds is 12. The first-order chi connectivity index (χ1) is 14.5. The van der Waals surface area contributed by atoms with Crippen LogP contribution in [-0.2, 0) is 20.7 Å². The van der Waals surface area contributed by atoms with E-state index >= 15 is 0 Å². The van der Waals surface area contributed by atoms with E-state index in [4.69, 9.17) is 18.9 Å². The molecule has 0 spiro atoms. The molecule has 0 aliphatic heterocycles. The molecule has 30 heavy (non-hydrogen) atoms. The van der Waals surface area contributed by atoms with Gasteiger partial charge in [0.05, 0.1) is 32.9 Å². The average Bonchev–Trinajstić information content (AvgIpc) is 3.18. The molecule has 1 aromatic heterocycles. The van der Waals surface area contributed by atoms with Crippen LogP contribution in [0.5, 0.6) is 11.5 Å². The van der Waals surface area contributed by atoms with Crippen molar-refractivity contribution < 1.29 is 28.5 Å². The van der Waals surface area contributed by atoms with Crippen molar-refractivity contribution in [1.29, 1.82) is 0 Å². The molecule has 2 N–H and O–H groups in total. The first kappa shape index (κ1) is 23.6. The molecule has 0 fully saturated rings. The molecule has 1 aromatic carbocycles. The zero-order chi connectivity index (χ0) is 21.9. The predicted octanol–water partition coefficient (Wildman–Crippen LogP) is 2.47. The number of amides is 2. The van der Waals surface area contributed by atoms with Gasteiger partial charge in [-0.3, -0.25) is 14.9 Å². The summed E-state index contributed by atoms with van der Waals surface area (Å²) in [6.07, 6.45) is -0.385. The highest BCUT2D eigenvalue weighted by atomic mass is 32.1. The molecule has 9 nitrogen and oxygen atoms in total. The van der Waals surface area contributed by atoms with E-state index in [1.807, 2.05) is 13.8 Å². The van der Waals surface area contributed by atoms with Gasteiger partial charge in [-0.2, -0.15) is 0 Å². The van der Waals surface area contributed by atoms with Crippen molar-refractivity contribution >= 4 is 28.3 Å². The maximum Gasteiger partial charge on any atom is 0.257 e. The number of methoxy groups -OCH3 is 2. The van der Waals surface area contributed by atoms with Crippen LogP contribution in [0.2, 0.25) is 0 Å². The number of anilines is 1. The Bertz CT molecular complexity index is 836. The molecular weight excluding hydrogens is 410 g/mol. The quantitative estimate of drug-likeness (QED) is 0.491. The van der Waals surface area contributed by atoms with Crippen LogP contribution in [0.1, 0.15) is 29.9 Å². The van der Waals surface area contributed by atoms with Crippen molar-refractivity contribution in [1.82, 2.24) is 10.3 Å². The fourth-order valence-corrected chi connectivity index (χ4v) is 3.26. The van der Waals surface area contributed by atoms with Crippen LogP contribution >= 0.6 is 11.3 Å². The zero-order valence-corrected chi connectivity index (χ0v) is 18.3. The number of nitrogens with zero attached hydrogens (tertiary/aromatic N) is 1. The molecule has 1 heterocycles. The molecule has 0 unspecified atom stereocenters. The highest BCUT2D eigenvalue weighted by Crippen LogP contribution is 2.28. The molecule has 0 saturated heterocycles. The Morgan fingerprint density at radius 3 is 2.43 bits per heavy atom. The molecular formula is C20H27N3O6S. The number of benzene rings is 1. The van der Waals surface area contributed by atoms with Gasteiger partial charge in [-0.25, -0.2) is 4.98 Å². The summed E-state index contributed by atoms with van der Waals surface area (Å²) < 4.78 is 21.2. The summed E-state index contributed by atoms with van der Waals surface area (Å²) in [4.78, 5) is 28.9. The number of carbonyl (C=O) groups is 2. The Labute approximate surface area is 179 Å². The second-order valence-corrected chi connectivity index (χ2v) is 6.85. The number of carbonyl (C=O) groups excluding carboxylic acids is 2. The Morgan fingerprint density at radius 2 is 1.80 bits per heavy atom. The topological polar surface area (TPSA) is 108 Å². The van der Waals surface area contributed by atoms with Crippen molar-refractivity contribution in [2.24, 2.45) is 0 Å². The van der Waals surface area contributed by atoms with E-state index in [-0.39, 0.29) is 24.8 Å². The van der Waals surface area contributed by atoms with Gasteiger partial charge in [-0.15, -0.1) is 11.3 Å². The third kappa shape index (κ3) is 6.97. The monoisotopic (exact) mass is 437 g/mol. The molecule has 0 saturated carbocycles. The van der Waals surface area contributed by atoms with Crippen molar-refractivity contribution in [2.45, 2.75) is 26.6 Å². The van der Waals surface area contributed by atoms with Crippen LogP contribution in [0.25, 0.3) is 0 Å². The summed E-state index contributed by atoms with van der Waals surface area (Å²) in [5, 5.41) is 7.62. The lowest BCUT2D eigenvalue weighted by atomic mass is 10.2. The zero-order valence-electron chi connectivity index (χ0n) is 17.5. The second-order valence-electron chi connectivity index (χ2n) is 5.99. The van der Waals surface area contributed by atoms with Crippen LogP contribution in [0.4, 0.5) is 5.13 Å². The van der Waals surface area contributed by atoms with Crippen LogP contribution in [0, 0.1) is 0 Å². The Hall–Kier alpha value is -2.69. The molecule has 0 aliphatic rings. The minimum atomic E-state index is -0.476. The van der Waals surface area contributed by atoms with E-state index in [2.05, 4.69) is 15.6 Å². The summed E-state index contributed by atoms with van der Waals surface area (Å²) in [5.74, 6) is 0.451. The summed E-state index contributed by atoms with van der Waals surface area (Å²) >= 11 is 1.24. The van der Waals surface area contributed by atoms with Crippen molar-refractivity contribution in [2.75, 3.05) is 39.3 Å². The highest BCUT2D eigenvalue weighted by molar-refractivity contribution is 7.14. The number of thiazole rings is 1. The van der Waals surface area contributed by atoms with Gasteiger partial charge < -0.3 is 24.3 Å². The lowest BCUT2D eigenvalue weighted by Gasteiger charge is -2.17. The van der Waals surface area contributed by atoms with E-state index in [9.17, 15) is 9.59 Å². The molecule has 2 amide bonds. The van der Waals surface area contributed by atoms with E-state index < -0.39 is 6.29 Å². The summed E-state index contributed by atoms with van der Waals surface area (Å²) in [6, 6.07) is 4.87. The fourth-order valence-electron chi connectivity index (χ4n) is 2.55. The minimum Gasteiger partial charge on any atom is -0.493 e. The van der Waals surface area contributed by atoms with Gasteiger partial charge >= 0.3 is 0 Å². The minimum absolute atomic E-state index is 0.0910. The van der Waals surface area contributed by atoms with Gasteiger partial charge in [0.1, 0.15) is 0 Å². The van der Waals surface area contributed by atoms with Crippen LogP contribution in [0.3, 0.4) is 0 Å². The first-order valence-electron chi connectivity index (χ1n) is 9.48. The van der Waals surface area contributed by atoms with E-state index in [0.29, 0.717) is 41.1 Å². The largest absolute Gasteiger partial charge is 0.493 e. The first-order valence-corrected chi connectivity index (χ1v) is 10.4. The van der Waals surface area contributed by atoms with Crippen molar-refractivity contribution in [3.63, 3.8) is 0 Å². The molecule has 0 aliphatic carbocycles. The van der Waals surface area contributed by atoms with Gasteiger partial charge in [0.25, 0.3) is 5.91 Å². The smallest absolute Gasteiger partial charge is 0.257 e. The summed E-state index contributed by atoms with van der Waals surface area (Å²) in [5.41, 5.74) is 0.963. The van der Waals surface area contributed by atoms with Crippen molar-refractivity contribution in [3.05, 3.63) is 34.8 Å². The molecule has 0 atom stereocenters. The molecule has 0 radical (unpaired) electrons. The Morgan fingerprint density at radius 1 is 1.10 bits per heavy atom. The van der Waals surface area contributed by atoms with Crippen LogP contribution in [0.15, 0.2) is 23.6 Å². The van der Waals surface area contributed by atoms with Gasteiger partial charge in [0, 0.05) is 24.2 Å². The second kappa shape index (κ2) is 12.1. The molecule has 164 valence electrons. The highest BCUT2D eigenvalue weighted by Gasteiger charge is 2.15. The summed E-state index contributed by atoms with van der Waals surface area (Å²) in [7, 11) is 3.03. The summed E-state index contributed by atoms with van der Waals surface area (Å²) in [6.45, 7) is 4.97. The van der Waals surface area contributed by atoms with Gasteiger partial charge in [-0.05, 0) is 32.0 Å². The fraction of sp³-hybridized carbons (Fsp3) is 0.450. The number of ether oxygens (including phenoxy) is 4. The maximum absolute atomic E-state index is 12.5. The number of nitrogens with one attached hydrogen (secondary N) is 2. The Balaban J connectivity index is 1.90. The maximum atomic E-state index is 12.5. The van der Waals surface area contributed by atoms with Gasteiger partial charge in [-0.1, -0.05) is 0 Å². The van der Waals surface area contributed by atoms with Crippen molar-refractivity contribution in [3.8, 4) is 11.5 Å². The predicted molar refractivity (Wildman–Crippen MR) is 113 cm³/mol. The number of hydrogen-bond acceptors (Lipinski definition) is 8. The lowest BCUT2D eigenvalue weighted by Crippen LogP contribution is -2.36. The molecule has 2 rings (SSSR count). The standard InChI is InChI=1S/C20H27N3O6S/c1-5-28-18(29-6-2)11-21-17(24)10-14-12-30-20(22-14)23-19(25)13-7-8-15(26-3)16(9-13)27-4/h7-9,12,18H,5-6,10-11H2,1-4H3,(H,21,24)(H,22,23,25). The molecule has 2 aromatic rings. The van der Waals surface area contributed by atoms with E-state index in [0.717, 1.165) is 0 Å². The third-order valence-electron chi connectivity index (χ3n) is 3.93. The van der Waals surface area contributed by atoms with E-state index in [1.54, 1.807) is 23.6 Å². The van der Waals surface area contributed by atoms with Crippen LogP contribution < -0.4 is 20.1 Å². The van der Waals surface area contributed by atoms with Gasteiger partial charge in [0.2, 0.25) is 5.91 Å². The number of aromatic nitrogens is 1. The normalized spacial score (nSPS) is 10.7.